The molecule has 0 saturated carbocycles. The van der Waals surface area contributed by atoms with Crippen LogP contribution in [0.25, 0.3) is 0 Å². The summed E-state index contributed by atoms with van der Waals surface area (Å²) in [4.78, 5) is 10.9. The van der Waals surface area contributed by atoms with Gasteiger partial charge in [-0.1, -0.05) is 0 Å². The first-order valence-corrected chi connectivity index (χ1v) is 3.30. The topological polar surface area (TPSA) is 18.5 Å². The Morgan fingerprint density at radius 3 is 1.89 bits per heavy atom. The van der Waals surface area contributed by atoms with Crippen molar-refractivity contribution in [2.75, 3.05) is 20.3 Å². The first kappa shape index (κ1) is 6.99. The molecular formula is C6H14NO2+. The van der Waals surface area contributed by atoms with Gasteiger partial charge in [0.15, 0.2) is 0 Å². The van der Waals surface area contributed by atoms with E-state index in [4.69, 9.17) is 9.68 Å². The fourth-order valence-electron chi connectivity index (χ4n) is 0.772. The van der Waals surface area contributed by atoms with Crippen molar-refractivity contribution >= 4 is 0 Å². The van der Waals surface area contributed by atoms with Crippen molar-refractivity contribution in [3.8, 4) is 0 Å². The van der Waals surface area contributed by atoms with Crippen LogP contribution in [0.5, 0.6) is 0 Å². The van der Waals surface area contributed by atoms with E-state index in [1.165, 1.54) is 0 Å². The minimum absolute atomic E-state index is 0.306. The minimum atomic E-state index is 0.306. The van der Waals surface area contributed by atoms with Crippen LogP contribution in [0.15, 0.2) is 0 Å². The molecule has 9 heavy (non-hydrogen) atoms. The van der Waals surface area contributed by atoms with Crippen LogP contribution in [0.1, 0.15) is 13.8 Å². The standard InChI is InChI=1S/C6H14NO2/c1-6(2)7(3)8-4-5-9-7/h6H,4-5H2,1-3H3/q+1. The average Bonchev–Trinajstić information content (AvgIpc) is 2.16. The lowest BCUT2D eigenvalue weighted by Crippen LogP contribution is -2.44. The third-order valence-electron chi connectivity index (χ3n) is 1.72. The summed E-state index contributed by atoms with van der Waals surface area (Å²) in [6.45, 7) is 5.58. The molecule has 0 bridgehead atoms. The lowest BCUT2D eigenvalue weighted by Gasteiger charge is -2.25. The maximum absolute atomic E-state index is 5.32. The number of quaternary nitrogens is 1. The van der Waals surface area contributed by atoms with Gasteiger partial charge in [0.25, 0.3) is 0 Å². The molecule has 0 N–H and O–H groups in total. The molecule has 3 nitrogen and oxygen atoms in total. The quantitative estimate of drug-likeness (QED) is 0.489. The normalized spacial score (nSPS) is 25.3. The molecule has 0 amide bonds. The molecule has 1 aliphatic heterocycles. The summed E-state index contributed by atoms with van der Waals surface area (Å²) in [5, 5.41) is 0. The van der Waals surface area contributed by atoms with E-state index in [2.05, 4.69) is 13.8 Å². The van der Waals surface area contributed by atoms with Crippen molar-refractivity contribution < 1.29 is 14.5 Å². The van der Waals surface area contributed by atoms with Gasteiger partial charge in [0.1, 0.15) is 26.3 Å². The molecule has 54 valence electrons. The molecular weight excluding hydrogens is 118 g/mol. The Morgan fingerprint density at radius 2 is 1.67 bits per heavy atom. The van der Waals surface area contributed by atoms with Crippen molar-refractivity contribution in [1.29, 1.82) is 0 Å². The Labute approximate surface area is 55.7 Å². The van der Waals surface area contributed by atoms with Gasteiger partial charge in [0, 0.05) is 0 Å². The highest BCUT2D eigenvalue weighted by Crippen LogP contribution is 2.16. The van der Waals surface area contributed by atoms with Gasteiger partial charge in [0.2, 0.25) is 0 Å². The molecule has 0 aliphatic carbocycles. The lowest BCUT2D eigenvalue weighted by atomic mass is 10.4. The first-order chi connectivity index (χ1) is 4.15. The van der Waals surface area contributed by atoms with Gasteiger partial charge in [0.05, 0.1) is 0 Å². The molecule has 0 aromatic carbocycles. The fourth-order valence-corrected chi connectivity index (χ4v) is 0.772. The second-order valence-electron chi connectivity index (χ2n) is 2.67. The Balaban J connectivity index is 2.51. The molecule has 0 aromatic heterocycles. The van der Waals surface area contributed by atoms with Crippen molar-refractivity contribution in [3.05, 3.63) is 0 Å². The van der Waals surface area contributed by atoms with Crippen LogP contribution in [-0.2, 0) is 9.68 Å². The summed E-state index contributed by atoms with van der Waals surface area (Å²) in [6, 6.07) is 0.382. The Morgan fingerprint density at radius 1 is 1.22 bits per heavy atom. The van der Waals surface area contributed by atoms with Gasteiger partial charge < -0.3 is 0 Å². The lowest BCUT2D eigenvalue weighted by molar-refractivity contribution is -1.23. The van der Waals surface area contributed by atoms with E-state index in [1.807, 2.05) is 7.05 Å². The Hall–Kier alpha value is -0.120. The Kier molecular flexibility index (Phi) is 1.75. The zero-order chi connectivity index (χ0) is 6.91. The van der Waals surface area contributed by atoms with E-state index >= 15 is 0 Å². The van der Waals surface area contributed by atoms with Gasteiger partial charge in [-0.05, 0) is 18.7 Å². The van der Waals surface area contributed by atoms with E-state index in [1.54, 1.807) is 0 Å². The van der Waals surface area contributed by atoms with Crippen LogP contribution < -0.4 is 0 Å². The molecule has 1 heterocycles. The fraction of sp³-hybridized carbons (Fsp3) is 1.00. The van der Waals surface area contributed by atoms with E-state index in [-0.39, 0.29) is 0 Å². The van der Waals surface area contributed by atoms with Gasteiger partial charge >= 0.3 is 0 Å². The van der Waals surface area contributed by atoms with Crippen LogP contribution >= 0.6 is 0 Å². The number of hydrogen-bond donors (Lipinski definition) is 0. The van der Waals surface area contributed by atoms with Crippen molar-refractivity contribution in [1.82, 2.24) is 0 Å². The summed E-state index contributed by atoms with van der Waals surface area (Å²) in [7, 11) is 1.93. The highest BCUT2D eigenvalue weighted by molar-refractivity contribution is 4.32. The third kappa shape index (κ3) is 1.23. The predicted octanol–water partition coefficient (Wildman–Crippen LogP) is 0.718. The highest BCUT2D eigenvalue weighted by atomic mass is 17.0. The monoisotopic (exact) mass is 132 g/mol. The average molecular weight is 132 g/mol. The second kappa shape index (κ2) is 2.25. The van der Waals surface area contributed by atoms with Gasteiger partial charge in [-0.25, -0.2) is 0 Å². The molecule has 0 radical (unpaired) electrons. The molecule has 0 spiro atoms. The molecule has 3 heteroatoms. The highest BCUT2D eigenvalue weighted by Gasteiger charge is 2.35. The number of hydrogen-bond acceptors (Lipinski definition) is 2. The summed E-state index contributed by atoms with van der Waals surface area (Å²) >= 11 is 0. The SMILES string of the molecule is CC(C)[N+]1(C)OCCO1. The van der Waals surface area contributed by atoms with Gasteiger partial charge in [-0.3, -0.25) is 0 Å². The third-order valence-corrected chi connectivity index (χ3v) is 1.72. The second-order valence-corrected chi connectivity index (χ2v) is 2.67. The zero-order valence-corrected chi connectivity index (χ0v) is 6.26. The van der Waals surface area contributed by atoms with Gasteiger partial charge in [-0.2, -0.15) is 9.68 Å². The largest absolute Gasteiger partial charge is 0.165 e. The van der Waals surface area contributed by atoms with Crippen molar-refractivity contribution in [2.45, 2.75) is 19.9 Å². The van der Waals surface area contributed by atoms with Crippen LogP contribution in [0.4, 0.5) is 0 Å². The summed E-state index contributed by atoms with van der Waals surface area (Å²) in [5.74, 6) is 0. The molecule has 0 unspecified atom stereocenters. The van der Waals surface area contributed by atoms with E-state index in [9.17, 15) is 0 Å². The maximum Gasteiger partial charge on any atom is 0.146 e. The van der Waals surface area contributed by atoms with Gasteiger partial charge in [-0.15, -0.1) is 0 Å². The molecule has 1 rings (SSSR count). The molecule has 1 fully saturated rings. The van der Waals surface area contributed by atoms with Crippen molar-refractivity contribution in [2.24, 2.45) is 0 Å². The smallest absolute Gasteiger partial charge is 0.146 e. The van der Waals surface area contributed by atoms with E-state index < -0.39 is 0 Å². The van der Waals surface area contributed by atoms with Crippen LogP contribution in [0.2, 0.25) is 0 Å². The first-order valence-electron chi connectivity index (χ1n) is 3.30. The van der Waals surface area contributed by atoms with Crippen LogP contribution in [-0.4, -0.2) is 31.1 Å². The molecule has 0 atom stereocenters. The molecule has 0 aromatic rings. The van der Waals surface area contributed by atoms with Crippen molar-refractivity contribution in [3.63, 3.8) is 0 Å². The summed E-state index contributed by atoms with van der Waals surface area (Å²) in [5.41, 5.74) is 0. The zero-order valence-electron chi connectivity index (χ0n) is 6.26. The summed E-state index contributed by atoms with van der Waals surface area (Å²) < 4.78 is 0. The molecule has 1 saturated heterocycles. The van der Waals surface area contributed by atoms with E-state index in [0.29, 0.717) is 24.1 Å². The minimum Gasteiger partial charge on any atom is -0.165 e. The van der Waals surface area contributed by atoms with E-state index in [0.717, 1.165) is 0 Å². The number of rotatable bonds is 1. The summed E-state index contributed by atoms with van der Waals surface area (Å²) in [6.07, 6.45) is 0. The van der Waals surface area contributed by atoms with Crippen LogP contribution in [0, 0.1) is 0 Å². The number of nitrogens with zero attached hydrogens (tertiary/aromatic N) is 1. The molecule has 1 aliphatic rings. The van der Waals surface area contributed by atoms with Crippen LogP contribution in [0.3, 0.4) is 0 Å². The Bertz CT molecular complexity index is 97.2. The number of hydroxylamine groups is 4. The predicted molar refractivity (Wildman–Crippen MR) is 33.2 cm³/mol. The maximum atomic E-state index is 5.32.